The molecule has 1 atom stereocenters. The van der Waals surface area contributed by atoms with E-state index in [1.807, 2.05) is 54.6 Å². The molecule has 1 unspecified atom stereocenters. The largest absolute Gasteiger partial charge is 0.493 e. The van der Waals surface area contributed by atoms with Crippen LogP contribution in [0.2, 0.25) is 0 Å². The predicted molar refractivity (Wildman–Crippen MR) is 125 cm³/mol. The number of anilines is 1. The highest BCUT2D eigenvalue weighted by atomic mass is 16.5. The molecular weight excluding hydrogens is 406 g/mol. The molecule has 7 nitrogen and oxygen atoms in total. The molecule has 164 valence electrons. The molecule has 4 rings (SSSR count). The quantitative estimate of drug-likeness (QED) is 0.444. The fraction of sp³-hybridized carbons (Fsp3) is 0.200. The van der Waals surface area contributed by atoms with Crippen LogP contribution in [-0.4, -0.2) is 41.5 Å². The smallest absolute Gasteiger partial charge is 0.261 e. The van der Waals surface area contributed by atoms with Crippen molar-refractivity contribution in [3.05, 3.63) is 83.2 Å². The van der Waals surface area contributed by atoms with Gasteiger partial charge in [0, 0.05) is 23.9 Å². The maximum absolute atomic E-state index is 13.2. The van der Waals surface area contributed by atoms with Gasteiger partial charge in [0.05, 0.1) is 37.8 Å². The van der Waals surface area contributed by atoms with Crippen LogP contribution in [0.25, 0.3) is 22.3 Å². The summed E-state index contributed by atoms with van der Waals surface area (Å²) in [6, 6.07) is 22.2. The number of fused-ring (bicyclic) bond motifs is 1. The van der Waals surface area contributed by atoms with Crippen LogP contribution < -0.4 is 20.3 Å². The van der Waals surface area contributed by atoms with Gasteiger partial charge < -0.3 is 19.9 Å². The summed E-state index contributed by atoms with van der Waals surface area (Å²) in [4.78, 5) is 18.0. The topological polar surface area (TPSA) is 85.6 Å². The van der Waals surface area contributed by atoms with Crippen LogP contribution in [0.4, 0.5) is 5.69 Å². The SMILES string of the molecule is COc1ccc(NCC(O)Cn2c(-c3ccccc3)nc3ccccc3c2=O)cc1OC. The van der Waals surface area contributed by atoms with Crippen LogP contribution >= 0.6 is 0 Å². The highest BCUT2D eigenvalue weighted by Gasteiger charge is 2.16. The lowest BCUT2D eigenvalue weighted by molar-refractivity contribution is 0.165. The molecular formula is C25H25N3O4. The molecule has 0 saturated heterocycles. The zero-order valence-electron chi connectivity index (χ0n) is 18.0. The summed E-state index contributed by atoms with van der Waals surface area (Å²) in [5.74, 6) is 1.74. The van der Waals surface area contributed by atoms with Gasteiger partial charge in [0.15, 0.2) is 11.5 Å². The van der Waals surface area contributed by atoms with Crippen LogP contribution in [0.1, 0.15) is 0 Å². The monoisotopic (exact) mass is 431 g/mol. The number of nitrogens with zero attached hydrogens (tertiary/aromatic N) is 2. The number of hydrogen-bond acceptors (Lipinski definition) is 6. The van der Waals surface area contributed by atoms with Gasteiger partial charge in [-0.1, -0.05) is 42.5 Å². The van der Waals surface area contributed by atoms with Crippen molar-refractivity contribution < 1.29 is 14.6 Å². The lowest BCUT2D eigenvalue weighted by atomic mass is 10.1. The van der Waals surface area contributed by atoms with E-state index in [0.29, 0.717) is 28.2 Å². The Labute approximate surface area is 185 Å². The Bertz CT molecular complexity index is 1270. The van der Waals surface area contributed by atoms with Gasteiger partial charge in [-0.3, -0.25) is 9.36 Å². The number of para-hydroxylation sites is 1. The van der Waals surface area contributed by atoms with Gasteiger partial charge in [-0.15, -0.1) is 0 Å². The van der Waals surface area contributed by atoms with E-state index in [1.54, 1.807) is 37.0 Å². The minimum atomic E-state index is -0.828. The number of ether oxygens (including phenoxy) is 2. The van der Waals surface area contributed by atoms with Gasteiger partial charge in [0.2, 0.25) is 0 Å². The molecule has 4 aromatic rings. The van der Waals surface area contributed by atoms with Gasteiger partial charge in [0.1, 0.15) is 5.82 Å². The number of rotatable bonds is 8. The second-order valence-corrected chi connectivity index (χ2v) is 7.34. The Kier molecular flexibility index (Phi) is 6.37. The van der Waals surface area contributed by atoms with Crippen LogP contribution in [0.5, 0.6) is 11.5 Å². The summed E-state index contributed by atoms with van der Waals surface area (Å²) in [7, 11) is 3.15. The molecule has 2 N–H and O–H groups in total. The highest BCUT2D eigenvalue weighted by molar-refractivity contribution is 5.79. The molecule has 32 heavy (non-hydrogen) atoms. The summed E-state index contributed by atoms with van der Waals surface area (Å²) in [5.41, 5.74) is 2.04. The molecule has 0 fully saturated rings. The normalized spacial score (nSPS) is 11.8. The first-order chi connectivity index (χ1) is 15.6. The number of methoxy groups -OCH3 is 2. The van der Waals surface area contributed by atoms with E-state index in [1.165, 1.54) is 0 Å². The average Bonchev–Trinajstić information content (AvgIpc) is 2.84. The van der Waals surface area contributed by atoms with Crippen LogP contribution in [0.15, 0.2) is 77.6 Å². The van der Waals surface area contributed by atoms with Crippen LogP contribution in [-0.2, 0) is 6.54 Å². The zero-order chi connectivity index (χ0) is 22.5. The van der Waals surface area contributed by atoms with E-state index in [9.17, 15) is 9.90 Å². The van der Waals surface area contributed by atoms with E-state index in [0.717, 1.165) is 11.3 Å². The average molecular weight is 431 g/mol. The number of aliphatic hydroxyl groups is 1. The van der Waals surface area contributed by atoms with Crippen molar-refractivity contribution in [1.82, 2.24) is 9.55 Å². The maximum atomic E-state index is 13.2. The third kappa shape index (κ3) is 4.43. The molecule has 0 spiro atoms. The first-order valence-electron chi connectivity index (χ1n) is 10.3. The van der Waals surface area contributed by atoms with Crippen molar-refractivity contribution in [2.24, 2.45) is 0 Å². The van der Waals surface area contributed by atoms with Crippen LogP contribution in [0.3, 0.4) is 0 Å². The van der Waals surface area contributed by atoms with E-state index in [2.05, 4.69) is 5.32 Å². The molecule has 0 radical (unpaired) electrons. The van der Waals surface area contributed by atoms with Crippen molar-refractivity contribution >= 4 is 16.6 Å². The Morgan fingerprint density at radius 1 is 0.969 bits per heavy atom. The van der Waals surface area contributed by atoms with Crippen molar-refractivity contribution in [2.45, 2.75) is 12.6 Å². The molecule has 0 aliphatic heterocycles. The Balaban J connectivity index is 1.61. The first kappa shape index (κ1) is 21.4. The van der Waals surface area contributed by atoms with Crippen molar-refractivity contribution in [3.8, 4) is 22.9 Å². The minimum absolute atomic E-state index is 0.0984. The molecule has 0 aliphatic rings. The molecule has 0 bridgehead atoms. The second-order valence-electron chi connectivity index (χ2n) is 7.34. The lowest BCUT2D eigenvalue weighted by Crippen LogP contribution is -2.32. The Morgan fingerprint density at radius 2 is 1.69 bits per heavy atom. The van der Waals surface area contributed by atoms with Gasteiger partial charge in [-0.25, -0.2) is 4.98 Å². The van der Waals surface area contributed by atoms with Crippen molar-refractivity contribution in [1.29, 1.82) is 0 Å². The van der Waals surface area contributed by atoms with Gasteiger partial charge in [-0.2, -0.15) is 0 Å². The van der Waals surface area contributed by atoms with E-state index in [-0.39, 0.29) is 18.6 Å². The van der Waals surface area contributed by atoms with Gasteiger partial charge >= 0.3 is 0 Å². The van der Waals surface area contributed by atoms with E-state index < -0.39 is 6.10 Å². The van der Waals surface area contributed by atoms with Crippen molar-refractivity contribution in [3.63, 3.8) is 0 Å². The predicted octanol–water partition coefficient (Wildman–Crippen LogP) is 3.55. The summed E-state index contributed by atoms with van der Waals surface area (Å²) in [5, 5.41) is 14.5. The van der Waals surface area contributed by atoms with Crippen molar-refractivity contribution in [2.75, 3.05) is 26.1 Å². The summed E-state index contributed by atoms with van der Waals surface area (Å²) in [6.07, 6.45) is -0.828. The second kappa shape index (κ2) is 9.53. The number of benzene rings is 3. The standard InChI is InChI=1S/C25H25N3O4/c1-31-22-13-12-18(14-23(22)32-2)26-15-19(29)16-28-24(17-8-4-3-5-9-17)27-21-11-7-6-10-20(21)25(28)30/h3-14,19,26,29H,15-16H2,1-2H3. The Morgan fingerprint density at radius 3 is 2.44 bits per heavy atom. The molecule has 7 heteroatoms. The fourth-order valence-corrected chi connectivity index (χ4v) is 3.60. The summed E-state index contributed by atoms with van der Waals surface area (Å²) >= 11 is 0. The first-order valence-corrected chi connectivity index (χ1v) is 10.3. The Hall–Kier alpha value is -3.84. The molecule has 0 aliphatic carbocycles. The third-order valence-electron chi connectivity index (χ3n) is 5.21. The van der Waals surface area contributed by atoms with Crippen LogP contribution in [0, 0.1) is 0 Å². The number of hydrogen-bond donors (Lipinski definition) is 2. The van der Waals surface area contributed by atoms with E-state index >= 15 is 0 Å². The number of aliphatic hydroxyl groups excluding tert-OH is 1. The van der Waals surface area contributed by atoms with E-state index in [4.69, 9.17) is 14.5 Å². The van der Waals surface area contributed by atoms with Gasteiger partial charge in [0.25, 0.3) is 5.56 Å². The maximum Gasteiger partial charge on any atom is 0.261 e. The number of aromatic nitrogens is 2. The summed E-state index contributed by atoms with van der Waals surface area (Å²) < 4.78 is 12.1. The molecule has 3 aromatic carbocycles. The molecule has 1 aromatic heterocycles. The highest BCUT2D eigenvalue weighted by Crippen LogP contribution is 2.29. The lowest BCUT2D eigenvalue weighted by Gasteiger charge is -2.18. The molecule has 1 heterocycles. The minimum Gasteiger partial charge on any atom is -0.493 e. The molecule has 0 saturated carbocycles. The van der Waals surface area contributed by atoms with Gasteiger partial charge in [-0.05, 0) is 24.3 Å². The zero-order valence-corrected chi connectivity index (χ0v) is 18.0. The fourth-order valence-electron chi connectivity index (χ4n) is 3.60. The molecule has 0 amide bonds. The number of nitrogens with one attached hydrogen (secondary N) is 1. The third-order valence-corrected chi connectivity index (χ3v) is 5.21. The summed E-state index contributed by atoms with van der Waals surface area (Å²) in [6.45, 7) is 0.337.